The van der Waals surface area contributed by atoms with Gasteiger partial charge in [0.1, 0.15) is 0 Å². The van der Waals surface area contributed by atoms with Crippen LogP contribution in [-0.2, 0) is 7.05 Å². The first-order chi connectivity index (χ1) is 18.9. The molecule has 0 atom stereocenters. The van der Waals surface area contributed by atoms with Gasteiger partial charge in [-0.15, -0.1) is 0 Å². The van der Waals surface area contributed by atoms with Crippen LogP contribution in [0.25, 0.3) is 33.6 Å². The van der Waals surface area contributed by atoms with Crippen LogP contribution >= 0.6 is 0 Å². The van der Waals surface area contributed by atoms with Crippen LogP contribution in [0, 0.1) is 18.8 Å². The number of carbonyl (C=O) groups is 1. The molecule has 39 heavy (non-hydrogen) atoms. The highest BCUT2D eigenvalue weighted by atomic mass is 16.5. The maximum Gasteiger partial charge on any atom is 0.226 e. The van der Waals surface area contributed by atoms with Gasteiger partial charge < -0.3 is 9.30 Å². The molecule has 0 amide bonds. The molecule has 0 fully saturated rings. The first kappa shape index (κ1) is 26.1. The molecule has 5 rings (SSSR count). The van der Waals surface area contributed by atoms with Crippen LogP contribution in [0.1, 0.15) is 66.6 Å². The number of aromatic nitrogens is 4. The fraction of sp³-hybridized carbons (Fsp3) is 0.273. The van der Waals surface area contributed by atoms with E-state index in [0.29, 0.717) is 29.9 Å². The number of imidazole rings is 1. The van der Waals surface area contributed by atoms with E-state index in [1.807, 2.05) is 74.0 Å². The van der Waals surface area contributed by atoms with Crippen LogP contribution in [0.4, 0.5) is 0 Å². The highest BCUT2D eigenvalue weighted by molar-refractivity contribution is 6.00. The summed E-state index contributed by atoms with van der Waals surface area (Å²) in [5.74, 6) is 8.42. The van der Waals surface area contributed by atoms with Gasteiger partial charge in [-0.05, 0) is 66.8 Å². The standard InChI is InChI=1S/C33H32N4O2/c1-6-10-30(38)26-20-28-29(19-22(26)4)37(5)32(35-28)31-34-27-13-8-7-12-25(27)33(36-31)39-18-9-11-23-14-16-24(17-15-23)21(2)3/h7-8,12-17,19-21H,6,10,18H2,1-5H3. The van der Waals surface area contributed by atoms with E-state index in [4.69, 9.17) is 19.7 Å². The first-order valence-electron chi connectivity index (χ1n) is 13.3. The van der Waals surface area contributed by atoms with Gasteiger partial charge in [0.05, 0.1) is 21.9 Å². The van der Waals surface area contributed by atoms with Crippen LogP contribution in [0.3, 0.4) is 0 Å². The third-order valence-corrected chi connectivity index (χ3v) is 6.86. The number of para-hydroxylation sites is 1. The number of carbonyl (C=O) groups excluding carboxylic acids is 1. The molecule has 0 aliphatic rings. The number of nitrogens with zero attached hydrogens (tertiary/aromatic N) is 4. The third-order valence-electron chi connectivity index (χ3n) is 6.86. The van der Waals surface area contributed by atoms with Crippen molar-refractivity contribution in [3.8, 4) is 29.4 Å². The average molecular weight is 517 g/mol. The molecule has 0 aliphatic carbocycles. The summed E-state index contributed by atoms with van der Waals surface area (Å²) in [6.45, 7) is 8.52. The van der Waals surface area contributed by atoms with E-state index in [1.54, 1.807) is 0 Å². The van der Waals surface area contributed by atoms with Gasteiger partial charge >= 0.3 is 0 Å². The van der Waals surface area contributed by atoms with E-state index in [-0.39, 0.29) is 12.4 Å². The van der Waals surface area contributed by atoms with Crippen molar-refractivity contribution >= 4 is 27.7 Å². The minimum Gasteiger partial charge on any atom is -0.464 e. The number of benzene rings is 3. The average Bonchev–Trinajstić information content (AvgIpc) is 3.25. The lowest BCUT2D eigenvalue weighted by Gasteiger charge is -2.09. The quantitative estimate of drug-likeness (QED) is 0.172. The lowest BCUT2D eigenvalue weighted by atomic mass is 10.0. The Bertz CT molecular complexity index is 1740. The minimum atomic E-state index is 0.138. The molecule has 0 spiro atoms. The molecule has 0 unspecified atom stereocenters. The minimum absolute atomic E-state index is 0.138. The number of ether oxygens (including phenoxy) is 1. The fourth-order valence-corrected chi connectivity index (χ4v) is 4.66. The van der Waals surface area contributed by atoms with Crippen molar-refractivity contribution in [1.82, 2.24) is 19.5 Å². The van der Waals surface area contributed by atoms with Gasteiger partial charge in [0.15, 0.2) is 24.0 Å². The highest BCUT2D eigenvalue weighted by Gasteiger charge is 2.18. The summed E-state index contributed by atoms with van der Waals surface area (Å²) in [5.41, 5.74) is 6.32. The lowest BCUT2D eigenvalue weighted by molar-refractivity contribution is 0.0981. The Labute approximate surface area is 229 Å². The summed E-state index contributed by atoms with van der Waals surface area (Å²) in [7, 11) is 1.94. The summed E-state index contributed by atoms with van der Waals surface area (Å²) in [6.07, 6.45) is 1.33. The molecule has 196 valence electrons. The fourth-order valence-electron chi connectivity index (χ4n) is 4.66. The van der Waals surface area contributed by atoms with Crippen molar-refractivity contribution in [2.75, 3.05) is 6.61 Å². The predicted molar refractivity (Wildman–Crippen MR) is 156 cm³/mol. The lowest BCUT2D eigenvalue weighted by Crippen LogP contribution is -2.03. The molecule has 2 heterocycles. The Morgan fingerprint density at radius 2 is 1.77 bits per heavy atom. The number of rotatable bonds is 7. The summed E-state index contributed by atoms with van der Waals surface area (Å²) in [4.78, 5) is 27.0. The van der Waals surface area contributed by atoms with Crippen LogP contribution in [0.15, 0.2) is 60.7 Å². The normalized spacial score (nSPS) is 11.1. The first-order valence-corrected chi connectivity index (χ1v) is 13.3. The second-order valence-electron chi connectivity index (χ2n) is 10.1. The van der Waals surface area contributed by atoms with Crippen LogP contribution in [0.2, 0.25) is 0 Å². The van der Waals surface area contributed by atoms with Crippen LogP contribution in [0.5, 0.6) is 5.88 Å². The van der Waals surface area contributed by atoms with Crippen molar-refractivity contribution in [2.24, 2.45) is 7.05 Å². The Balaban J connectivity index is 1.48. The molecule has 2 aromatic heterocycles. The zero-order valence-corrected chi connectivity index (χ0v) is 23.1. The van der Waals surface area contributed by atoms with Crippen molar-refractivity contribution in [1.29, 1.82) is 0 Å². The topological polar surface area (TPSA) is 69.9 Å². The van der Waals surface area contributed by atoms with E-state index in [0.717, 1.165) is 45.0 Å². The van der Waals surface area contributed by atoms with Gasteiger partial charge in [-0.25, -0.2) is 9.97 Å². The Hall–Kier alpha value is -4.50. The van der Waals surface area contributed by atoms with Crippen molar-refractivity contribution < 1.29 is 9.53 Å². The molecule has 0 aliphatic heterocycles. The van der Waals surface area contributed by atoms with Crippen molar-refractivity contribution in [3.05, 3.63) is 82.9 Å². The van der Waals surface area contributed by atoms with Crippen molar-refractivity contribution in [3.63, 3.8) is 0 Å². The molecule has 0 bridgehead atoms. The number of hydrogen-bond acceptors (Lipinski definition) is 5. The van der Waals surface area contributed by atoms with Gasteiger partial charge in [0.25, 0.3) is 0 Å². The smallest absolute Gasteiger partial charge is 0.226 e. The number of Topliss-reactive ketones (excluding diaryl/α,β-unsaturated/α-hetero) is 1. The van der Waals surface area contributed by atoms with Gasteiger partial charge in [-0.2, -0.15) is 4.98 Å². The zero-order valence-electron chi connectivity index (χ0n) is 23.1. The molecular formula is C33H32N4O2. The second kappa shape index (κ2) is 11.1. The molecular weight excluding hydrogens is 484 g/mol. The molecule has 0 saturated carbocycles. The highest BCUT2D eigenvalue weighted by Crippen LogP contribution is 2.29. The van der Waals surface area contributed by atoms with E-state index in [2.05, 4.69) is 37.8 Å². The molecule has 0 saturated heterocycles. The maximum absolute atomic E-state index is 12.6. The second-order valence-corrected chi connectivity index (χ2v) is 10.1. The Kier molecular flexibility index (Phi) is 7.42. The van der Waals surface area contributed by atoms with Crippen LogP contribution < -0.4 is 4.74 Å². The zero-order chi connectivity index (χ0) is 27.5. The summed E-state index contributed by atoms with van der Waals surface area (Å²) >= 11 is 0. The monoisotopic (exact) mass is 516 g/mol. The molecule has 0 radical (unpaired) electrons. The summed E-state index contributed by atoms with van der Waals surface area (Å²) < 4.78 is 8.03. The van der Waals surface area contributed by atoms with E-state index >= 15 is 0 Å². The van der Waals surface area contributed by atoms with E-state index in [9.17, 15) is 4.79 Å². The van der Waals surface area contributed by atoms with Gasteiger partial charge in [0.2, 0.25) is 5.88 Å². The van der Waals surface area contributed by atoms with E-state index < -0.39 is 0 Å². The van der Waals surface area contributed by atoms with Gasteiger partial charge in [-0.3, -0.25) is 4.79 Å². The third kappa shape index (κ3) is 5.39. The van der Waals surface area contributed by atoms with Crippen LogP contribution in [-0.4, -0.2) is 31.9 Å². The maximum atomic E-state index is 12.6. The largest absolute Gasteiger partial charge is 0.464 e. The Morgan fingerprint density at radius 3 is 2.51 bits per heavy atom. The Morgan fingerprint density at radius 1 is 1.00 bits per heavy atom. The number of fused-ring (bicyclic) bond motifs is 2. The SMILES string of the molecule is CCCC(=O)c1cc2nc(-c3nc(OCC#Cc4ccc(C(C)C)cc4)c4ccccc4n3)n(C)c2cc1C. The van der Waals surface area contributed by atoms with Gasteiger partial charge in [0, 0.05) is 24.6 Å². The molecule has 3 aromatic carbocycles. The van der Waals surface area contributed by atoms with E-state index in [1.165, 1.54) is 5.56 Å². The molecule has 6 heteroatoms. The predicted octanol–water partition coefficient (Wildman–Crippen LogP) is 7.03. The summed E-state index contributed by atoms with van der Waals surface area (Å²) in [5, 5.41) is 0.811. The summed E-state index contributed by atoms with van der Waals surface area (Å²) in [6, 6.07) is 19.9. The van der Waals surface area contributed by atoms with Crippen molar-refractivity contribution in [2.45, 2.75) is 46.5 Å². The molecule has 6 nitrogen and oxygen atoms in total. The molecule has 5 aromatic rings. The number of ketones is 1. The van der Waals surface area contributed by atoms with Gasteiger partial charge in [-0.1, -0.05) is 56.9 Å². The number of hydrogen-bond donors (Lipinski definition) is 0. The number of aryl methyl sites for hydroxylation is 2. The molecule has 0 N–H and O–H groups in total.